The highest BCUT2D eigenvalue weighted by atomic mass is 35.5. The Balaban J connectivity index is 1.75. The first kappa shape index (κ1) is 20.7. The molecule has 0 heterocycles. The summed E-state index contributed by atoms with van der Waals surface area (Å²) in [5, 5.41) is 5.37. The molecule has 1 aliphatic carbocycles. The summed E-state index contributed by atoms with van der Waals surface area (Å²) >= 11 is 17.9. The second-order valence-electron chi connectivity index (χ2n) is 6.19. The van der Waals surface area contributed by atoms with E-state index in [9.17, 15) is 14.0 Å². The number of carbonyl (C=O) groups is 2. The van der Waals surface area contributed by atoms with Gasteiger partial charge < -0.3 is 10.6 Å². The summed E-state index contributed by atoms with van der Waals surface area (Å²) in [5.41, 5.74) is 3.45. The van der Waals surface area contributed by atoms with Gasteiger partial charge in [0.25, 0.3) is 5.91 Å². The minimum Gasteiger partial charge on any atom is -0.326 e. The van der Waals surface area contributed by atoms with Gasteiger partial charge in [-0.05, 0) is 42.8 Å². The molecule has 0 spiro atoms. The highest BCUT2D eigenvalue weighted by Gasteiger charge is 2.56. The number of amides is 2. The van der Waals surface area contributed by atoms with Gasteiger partial charge in [-0.3, -0.25) is 19.9 Å². The van der Waals surface area contributed by atoms with Crippen molar-refractivity contribution in [1.82, 2.24) is 0 Å². The normalized spacial score (nSPS) is 17.0. The van der Waals surface area contributed by atoms with Crippen LogP contribution in [0.25, 0.3) is 0 Å². The van der Waals surface area contributed by atoms with E-state index in [-0.39, 0.29) is 22.2 Å². The second-order valence-corrected chi connectivity index (χ2v) is 8.14. The van der Waals surface area contributed by atoms with Crippen molar-refractivity contribution in [3.8, 4) is 0 Å². The van der Waals surface area contributed by atoms with Gasteiger partial charge in [0.1, 0.15) is 10.2 Å². The number of carbonyl (C=O) groups excluding carboxylic acids is 2. The van der Waals surface area contributed by atoms with Crippen LogP contribution in [-0.2, 0) is 9.63 Å². The molecule has 148 valence electrons. The summed E-state index contributed by atoms with van der Waals surface area (Å²) in [6.45, 7) is 0. The third-order valence-electron chi connectivity index (χ3n) is 4.00. The average molecular weight is 447 g/mol. The first-order valence-corrected chi connectivity index (χ1v) is 9.22. The molecule has 1 aliphatic rings. The largest absolute Gasteiger partial charge is 0.326 e. The van der Waals surface area contributed by atoms with Crippen molar-refractivity contribution >= 4 is 63.7 Å². The number of hydrogen-bond acceptors (Lipinski definition) is 4. The molecule has 6 nitrogen and oxygen atoms in total. The number of alkyl halides is 2. The lowest BCUT2D eigenvalue weighted by Crippen LogP contribution is -2.18. The summed E-state index contributed by atoms with van der Waals surface area (Å²) < 4.78 is 12.6. The molecule has 0 aromatic heterocycles. The topological polar surface area (TPSA) is 79.5 Å². The van der Waals surface area contributed by atoms with E-state index in [1.165, 1.54) is 31.4 Å². The molecule has 0 saturated heterocycles. The number of hydrogen-bond donors (Lipinski definition) is 3. The number of rotatable bonds is 6. The molecule has 0 radical (unpaired) electrons. The average Bonchev–Trinajstić information content (AvgIpc) is 3.25. The molecular weight excluding hydrogens is 432 g/mol. The molecule has 0 bridgehead atoms. The van der Waals surface area contributed by atoms with E-state index in [2.05, 4.69) is 16.1 Å². The maximum atomic E-state index is 13.7. The highest BCUT2D eigenvalue weighted by Crippen LogP contribution is 2.53. The van der Waals surface area contributed by atoms with E-state index in [1.54, 1.807) is 6.07 Å². The lowest BCUT2D eigenvalue weighted by molar-refractivity contribution is -0.117. The lowest BCUT2D eigenvalue weighted by atomic mass is 10.1. The van der Waals surface area contributed by atoms with E-state index in [0.717, 1.165) is 6.07 Å². The Labute approximate surface area is 175 Å². The van der Waals surface area contributed by atoms with Crippen molar-refractivity contribution in [3.63, 3.8) is 0 Å². The first-order valence-electron chi connectivity index (χ1n) is 8.09. The summed E-state index contributed by atoms with van der Waals surface area (Å²) in [7, 11) is 1.38. The molecular formula is C18H15Cl3FN3O3. The van der Waals surface area contributed by atoms with E-state index >= 15 is 0 Å². The van der Waals surface area contributed by atoms with Gasteiger partial charge in [-0.1, -0.05) is 11.6 Å². The Morgan fingerprint density at radius 1 is 1.11 bits per heavy atom. The summed E-state index contributed by atoms with van der Waals surface area (Å²) in [6.07, 6.45) is 0.361. The fraction of sp³-hybridized carbons (Fsp3) is 0.222. The molecule has 1 atom stereocenters. The van der Waals surface area contributed by atoms with Gasteiger partial charge >= 0.3 is 0 Å². The van der Waals surface area contributed by atoms with Crippen LogP contribution in [0.5, 0.6) is 0 Å². The Hall–Kier alpha value is -2.06. The SMILES string of the molecule is CONc1cc(F)cc(NC(=O)c2cc(NC(=O)C3CC3(Cl)Cl)ccc2Cl)c1. The van der Waals surface area contributed by atoms with E-state index in [0.29, 0.717) is 17.8 Å². The molecule has 3 N–H and O–H groups in total. The van der Waals surface area contributed by atoms with Crippen molar-refractivity contribution in [2.24, 2.45) is 5.92 Å². The monoisotopic (exact) mass is 445 g/mol. The molecule has 1 fully saturated rings. The Bertz CT molecular complexity index is 940. The van der Waals surface area contributed by atoms with Crippen LogP contribution in [-0.4, -0.2) is 23.3 Å². The summed E-state index contributed by atoms with van der Waals surface area (Å²) in [6, 6.07) is 8.26. The van der Waals surface area contributed by atoms with Crippen LogP contribution in [0.3, 0.4) is 0 Å². The van der Waals surface area contributed by atoms with Gasteiger partial charge in [0.2, 0.25) is 5.91 Å². The van der Waals surface area contributed by atoms with Gasteiger partial charge in [-0.2, -0.15) is 0 Å². The number of anilines is 3. The van der Waals surface area contributed by atoms with Crippen molar-refractivity contribution in [2.45, 2.75) is 10.8 Å². The molecule has 2 aromatic carbocycles. The fourth-order valence-corrected chi connectivity index (χ4v) is 3.25. The van der Waals surface area contributed by atoms with Gasteiger partial charge in [-0.15, -0.1) is 23.2 Å². The Kier molecular flexibility index (Phi) is 6.00. The summed E-state index contributed by atoms with van der Waals surface area (Å²) in [4.78, 5) is 29.4. The second kappa shape index (κ2) is 8.13. The van der Waals surface area contributed by atoms with Crippen LogP contribution in [0, 0.1) is 11.7 Å². The fourth-order valence-electron chi connectivity index (χ4n) is 2.54. The van der Waals surface area contributed by atoms with Crippen molar-refractivity contribution < 1.29 is 18.8 Å². The zero-order valence-corrected chi connectivity index (χ0v) is 16.8. The molecule has 28 heavy (non-hydrogen) atoms. The zero-order chi connectivity index (χ0) is 20.5. The molecule has 3 rings (SSSR count). The van der Waals surface area contributed by atoms with Crippen LogP contribution in [0.4, 0.5) is 21.5 Å². The number of benzene rings is 2. The standard InChI is InChI=1S/C18H15Cl3FN3O3/c1-28-25-12-5-9(22)4-11(6-12)24-16(26)13-7-10(2-3-15(13)19)23-17(27)14-8-18(14,20)21/h2-7,14,25H,8H2,1H3,(H,23,27)(H,24,26). The Morgan fingerprint density at radius 2 is 1.79 bits per heavy atom. The van der Waals surface area contributed by atoms with Gasteiger partial charge in [0.05, 0.1) is 29.3 Å². The van der Waals surface area contributed by atoms with Crippen LogP contribution in [0.15, 0.2) is 36.4 Å². The van der Waals surface area contributed by atoms with E-state index < -0.39 is 22.0 Å². The molecule has 1 saturated carbocycles. The van der Waals surface area contributed by atoms with Crippen LogP contribution >= 0.6 is 34.8 Å². The van der Waals surface area contributed by atoms with Crippen molar-refractivity contribution in [2.75, 3.05) is 23.2 Å². The molecule has 0 aliphatic heterocycles. The zero-order valence-electron chi connectivity index (χ0n) is 14.5. The smallest absolute Gasteiger partial charge is 0.257 e. The minimum atomic E-state index is -1.05. The predicted octanol–water partition coefficient (Wildman–Crippen LogP) is 4.84. The van der Waals surface area contributed by atoms with Gasteiger partial charge in [-0.25, -0.2) is 4.39 Å². The summed E-state index contributed by atoms with van der Waals surface area (Å²) in [5.74, 6) is -2.01. The van der Waals surface area contributed by atoms with Gasteiger partial charge in [0, 0.05) is 11.4 Å². The predicted molar refractivity (Wildman–Crippen MR) is 108 cm³/mol. The molecule has 1 unspecified atom stereocenters. The third-order valence-corrected chi connectivity index (χ3v) is 5.16. The maximum Gasteiger partial charge on any atom is 0.257 e. The van der Waals surface area contributed by atoms with Crippen LogP contribution in [0.1, 0.15) is 16.8 Å². The first-order chi connectivity index (χ1) is 13.2. The number of nitrogens with one attached hydrogen (secondary N) is 3. The van der Waals surface area contributed by atoms with Crippen molar-refractivity contribution in [1.29, 1.82) is 0 Å². The Morgan fingerprint density at radius 3 is 2.43 bits per heavy atom. The number of halogens is 4. The van der Waals surface area contributed by atoms with E-state index in [1.807, 2.05) is 0 Å². The third kappa shape index (κ3) is 4.86. The van der Waals surface area contributed by atoms with Gasteiger partial charge in [0.15, 0.2) is 0 Å². The minimum absolute atomic E-state index is 0.101. The molecule has 2 aromatic rings. The quantitative estimate of drug-likeness (QED) is 0.438. The van der Waals surface area contributed by atoms with E-state index in [4.69, 9.17) is 39.6 Å². The van der Waals surface area contributed by atoms with Crippen molar-refractivity contribution in [3.05, 3.63) is 52.8 Å². The molecule has 2 amide bonds. The lowest BCUT2D eigenvalue weighted by Gasteiger charge is -2.11. The van der Waals surface area contributed by atoms with Crippen LogP contribution in [0.2, 0.25) is 5.02 Å². The maximum absolute atomic E-state index is 13.7. The van der Waals surface area contributed by atoms with Crippen LogP contribution < -0.4 is 16.1 Å². The highest BCUT2D eigenvalue weighted by molar-refractivity contribution is 6.52. The molecule has 10 heteroatoms.